The maximum Gasteiger partial charge on any atom is 0.260 e. The first-order valence-electron chi connectivity index (χ1n) is 9.54. The van der Waals surface area contributed by atoms with E-state index in [-0.39, 0.29) is 12.5 Å². The van der Waals surface area contributed by atoms with E-state index in [1.165, 1.54) is 11.1 Å². The van der Waals surface area contributed by atoms with Crippen molar-refractivity contribution in [1.29, 1.82) is 0 Å². The Labute approximate surface area is 161 Å². The summed E-state index contributed by atoms with van der Waals surface area (Å²) in [5.41, 5.74) is 3.62. The molecule has 0 spiro atoms. The molecule has 0 fully saturated rings. The molecule has 0 saturated heterocycles. The van der Waals surface area contributed by atoms with E-state index in [1.807, 2.05) is 49.3 Å². The molecule has 1 aliphatic heterocycles. The van der Waals surface area contributed by atoms with Gasteiger partial charge in [0.2, 0.25) is 0 Å². The Hall–Kier alpha value is -2.37. The Kier molecular flexibility index (Phi) is 6.85. The van der Waals surface area contributed by atoms with Crippen LogP contribution in [0.4, 0.5) is 0 Å². The topological polar surface area (TPSA) is 44.8 Å². The highest BCUT2D eigenvalue weighted by atomic mass is 16.5. The Morgan fingerprint density at radius 3 is 2.67 bits per heavy atom. The lowest BCUT2D eigenvalue weighted by molar-refractivity contribution is -0.134. The van der Waals surface area contributed by atoms with Crippen molar-refractivity contribution in [3.63, 3.8) is 0 Å². The van der Waals surface area contributed by atoms with Gasteiger partial charge in [0, 0.05) is 26.2 Å². The van der Waals surface area contributed by atoms with E-state index in [0.717, 1.165) is 37.4 Å². The minimum Gasteiger partial charge on any atom is -0.483 e. The van der Waals surface area contributed by atoms with E-state index in [2.05, 4.69) is 28.4 Å². The number of amides is 1. The quantitative estimate of drug-likeness (QED) is 0.778. The number of hydrogen-bond donors (Lipinski definition) is 1. The van der Waals surface area contributed by atoms with Crippen LogP contribution in [0.1, 0.15) is 16.7 Å². The van der Waals surface area contributed by atoms with Gasteiger partial charge >= 0.3 is 0 Å². The largest absolute Gasteiger partial charge is 0.483 e. The molecule has 5 nitrogen and oxygen atoms in total. The number of ether oxygens (including phenoxy) is 1. The number of nitrogens with zero attached hydrogens (tertiary/aromatic N) is 2. The number of fused-ring (bicyclic) bond motifs is 1. The van der Waals surface area contributed by atoms with E-state index in [4.69, 9.17) is 4.74 Å². The van der Waals surface area contributed by atoms with E-state index in [0.29, 0.717) is 13.1 Å². The lowest BCUT2D eigenvalue weighted by Crippen LogP contribution is -2.39. The smallest absolute Gasteiger partial charge is 0.260 e. The molecule has 1 N–H and O–H groups in total. The van der Waals surface area contributed by atoms with Crippen molar-refractivity contribution in [3.05, 3.63) is 65.2 Å². The Morgan fingerprint density at radius 2 is 1.89 bits per heavy atom. The van der Waals surface area contributed by atoms with E-state index in [1.54, 1.807) is 0 Å². The highest BCUT2D eigenvalue weighted by Crippen LogP contribution is 2.25. The molecule has 0 radical (unpaired) electrons. The van der Waals surface area contributed by atoms with E-state index >= 15 is 0 Å². The van der Waals surface area contributed by atoms with Gasteiger partial charge in [-0.05, 0) is 49.8 Å². The van der Waals surface area contributed by atoms with Crippen molar-refractivity contribution in [3.8, 4) is 5.75 Å². The summed E-state index contributed by atoms with van der Waals surface area (Å²) in [4.78, 5) is 16.8. The SMILES string of the molecule is CN(C)CCN(Cc1ccccc1)C(=O)COc1cccc2c1CCNC2. The summed E-state index contributed by atoms with van der Waals surface area (Å²) in [6.07, 6.45) is 0.939. The summed E-state index contributed by atoms with van der Waals surface area (Å²) in [5, 5.41) is 3.37. The molecule has 3 rings (SSSR count). The molecule has 2 aromatic carbocycles. The second kappa shape index (κ2) is 9.53. The molecule has 2 aromatic rings. The zero-order valence-corrected chi connectivity index (χ0v) is 16.3. The van der Waals surface area contributed by atoms with Crippen molar-refractivity contribution in [2.75, 3.05) is 40.3 Å². The number of carbonyl (C=O) groups excluding carboxylic acids is 1. The Bertz CT molecular complexity index is 746. The fourth-order valence-electron chi connectivity index (χ4n) is 3.28. The van der Waals surface area contributed by atoms with Crippen LogP contribution in [-0.2, 0) is 24.3 Å². The molecule has 27 heavy (non-hydrogen) atoms. The van der Waals surface area contributed by atoms with Crippen LogP contribution in [0.5, 0.6) is 5.75 Å². The summed E-state index contributed by atoms with van der Waals surface area (Å²) in [6, 6.07) is 16.2. The van der Waals surface area contributed by atoms with Crippen LogP contribution in [0, 0.1) is 0 Å². The molecule has 0 bridgehead atoms. The first-order valence-corrected chi connectivity index (χ1v) is 9.54. The zero-order valence-electron chi connectivity index (χ0n) is 16.3. The molecule has 1 amide bonds. The van der Waals surface area contributed by atoms with Gasteiger partial charge in [-0.2, -0.15) is 0 Å². The van der Waals surface area contributed by atoms with E-state index in [9.17, 15) is 4.79 Å². The van der Waals surface area contributed by atoms with Crippen molar-refractivity contribution in [2.45, 2.75) is 19.5 Å². The third-order valence-corrected chi connectivity index (χ3v) is 4.83. The molecular formula is C22H29N3O2. The van der Waals surface area contributed by atoms with Crippen molar-refractivity contribution >= 4 is 5.91 Å². The molecule has 1 aliphatic rings. The average molecular weight is 367 g/mol. The van der Waals surface area contributed by atoms with Gasteiger partial charge in [-0.1, -0.05) is 42.5 Å². The number of benzene rings is 2. The van der Waals surface area contributed by atoms with Gasteiger partial charge in [0.05, 0.1) is 0 Å². The van der Waals surface area contributed by atoms with Gasteiger partial charge in [-0.25, -0.2) is 0 Å². The molecule has 1 heterocycles. The van der Waals surface area contributed by atoms with Gasteiger partial charge < -0.3 is 19.9 Å². The first kappa shape index (κ1) is 19.4. The molecule has 0 saturated carbocycles. The van der Waals surface area contributed by atoms with Crippen molar-refractivity contribution in [1.82, 2.24) is 15.1 Å². The lowest BCUT2D eigenvalue weighted by atomic mass is 10.0. The first-order chi connectivity index (χ1) is 13.1. The fourth-order valence-corrected chi connectivity index (χ4v) is 3.28. The molecule has 0 aliphatic carbocycles. The number of nitrogens with one attached hydrogen (secondary N) is 1. The number of hydrogen-bond acceptors (Lipinski definition) is 4. The standard InChI is InChI=1S/C22H29N3O2/c1-24(2)13-14-25(16-18-7-4-3-5-8-18)22(26)17-27-21-10-6-9-19-15-23-12-11-20(19)21/h3-10,23H,11-17H2,1-2H3. The van der Waals surface area contributed by atoms with E-state index < -0.39 is 0 Å². The van der Waals surface area contributed by atoms with Gasteiger partial charge in [0.1, 0.15) is 5.75 Å². The van der Waals surface area contributed by atoms with Crippen LogP contribution >= 0.6 is 0 Å². The molecule has 0 atom stereocenters. The van der Waals surface area contributed by atoms with Crippen LogP contribution < -0.4 is 10.1 Å². The minimum absolute atomic E-state index is 0.0206. The second-order valence-corrected chi connectivity index (χ2v) is 7.21. The minimum atomic E-state index is 0.0206. The summed E-state index contributed by atoms with van der Waals surface area (Å²) in [7, 11) is 4.04. The number of carbonyl (C=O) groups is 1. The molecule has 5 heteroatoms. The predicted molar refractivity (Wildman–Crippen MR) is 108 cm³/mol. The lowest BCUT2D eigenvalue weighted by Gasteiger charge is -2.25. The molecular weight excluding hydrogens is 338 g/mol. The third-order valence-electron chi connectivity index (χ3n) is 4.83. The van der Waals surface area contributed by atoms with Gasteiger partial charge in [-0.15, -0.1) is 0 Å². The molecule has 0 aromatic heterocycles. The van der Waals surface area contributed by atoms with Crippen LogP contribution in [0.25, 0.3) is 0 Å². The average Bonchev–Trinajstić information content (AvgIpc) is 2.70. The monoisotopic (exact) mass is 367 g/mol. The number of likely N-dealkylation sites (N-methyl/N-ethyl adjacent to an activating group) is 1. The van der Waals surface area contributed by atoms with Crippen molar-refractivity contribution < 1.29 is 9.53 Å². The summed E-state index contributed by atoms with van der Waals surface area (Å²) >= 11 is 0. The predicted octanol–water partition coefficient (Wildman–Crippen LogP) is 2.30. The summed E-state index contributed by atoms with van der Waals surface area (Å²) in [5.74, 6) is 0.863. The second-order valence-electron chi connectivity index (χ2n) is 7.21. The van der Waals surface area contributed by atoms with Crippen LogP contribution in [0.2, 0.25) is 0 Å². The van der Waals surface area contributed by atoms with Crippen LogP contribution in [0.3, 0.4) is 0 Å². The van der Waals surface area contributed by atoms with Gasteiger partial charge in [0.15, 0.2) is 6.61 Å². The number of rotatable bonds is 8. The van der Waals surface area contributed by atoms with Gasteiger partial charge in [0.25, 0.3) is 5.91 Å². The highest BCUT2D eigenvalue weighted by molar-refractivity contribution is 5.77. The maximum atomic E-state index is 12.9. The van der Waals surface area contributed by atoms with Crippen LogP contribution in [0.15, 0.2) is 48.5 Å². The zero-order chi connectivity index (χ0) is 19.1. The Morgan fingerprint density at radius 1 is 1.07 bits per heavy atom. The third kappa shape index (κ3) is 5.55. The highest BCUT2D eigenvalue weighted by Gasteiger charge is 2.18. The summed E-state index contributed by atoms with van der Waals surface area (Å²) < 4.78 is 5.96. The fraction of sp³-hybridized carbons (Fsp3) is 0.409. The maximum absolute atomic E-state index is 12.9. The molecule has 0 unspecified atom stereocenters. The van der Waals surface area contributed by atoms with Crippen LogP contribution in [-0.4, -0.2) is 56.0 Å². The van der Waals surface area contributed by atoms with Crippen molar-refractivity contribution in [2.24, 2.45) is 0 Å². The normalized spacial score (nSPS) is 13.3. The molecule has 144 valence electrons. The van der Waals surface area contributed by atoms with Gasteiger partial charge in [-0.3, -0.25) is 4.79 Å². The summed E-state index contributed by atoms with van der Waals surface area (Å²) in [6.45, 7) is 4.00. The Balaban J connectivity index is 1.65.